The van der Waals surface area contributed by atoms with Crippen LogP contribution in [0.5, 0.6) is 0 Å². The van der Waals surface area contributed by atoms with Crippen LogP contribution in [0.2, 0.25) is 0 Å². The van der Waals surface area contributed by atoms with Crippen molar-refractivity contribution in [2.75, 3.05) is 19.0 Å². The number of carbonyl (C=O) groups excluding carboxylic acids is 2. The number of rotatable bonds is 2. The third-order valence-electron chi connectivity index (χ3n) is 2.63. The minimum Gasteiger partial charge on any atom is -0.453 e. The molecule has 1 aromatic heterocycles. The van der Waals surface area contributed by atoms with Gasteiger partial charge >= 0.3 is 6.09 Å². The van der Waals surface area contributed by atoms with Gasteiger partial charge in [0, 0.05) is 18.1 Å². The second-order valence-corrected chi connectivity index (χ2v) is 4.54. The Labute approximate surface area is 103 Å². The van der Waals surface area contributed by atoms with E-state index in [-0.39, 0.29) is 5.91 Å². The van der Waals surface area contributed by atoms with Crippen LogP contribution in [0.1, 0.15) is 12.8 Å². The first kappa shape index (κ1) is 11.8. The summed E-state index contributed by atoms with van der Waals surface area (Å²) in [5.41, 5.74) is 0. The lowest BCUT2D eigenvalue weighted by molar-refractivity contribution is -0.119. The molecule has 1 aliphatic heterocycles. The van der Waals surface area contributed by atoms with Gasteiger partial charge < -0.3 is 10.1 Å². The van der Waals surface area contributed by atoms with Crippen molar-refractivity contribution in [2.45, 2.75) is 18.9 Å². The zero-order valence-corrected chi connectivity index (χ0v) is 10.2. The summed E-state index contributed by atoms with van der Waals surface area (Å²) in [4.78, 5) is 28.8. The molecule has 0 saturated carbocycles. The molecular weight excluding hydrogens is 242 g/mol. The lowest BCUT2D eigenvalue weighted by Gasteiger charge is -2.21. The summed E-state index contributed by atoms with van der Waals surface area (Å²) < 4.78 is 4.64. The lowest BCUT2D eigenvalue weighted by Crippen LogP contribution is -2.43. The van der Waals surface area contributed by atoms with Gasteiger partial charge in [-0.3, -0.25) is 9.69 Å². The van der Waals surface area contributed by atoms with Crippen molar-refractivity contribution < 1.29 is 14.3 Å². The van der Waals surface area contributed by atoms with E-state index < -0.39 is 12.1 Å². The van der Waals surface area contributed by atoms with Gasteiger partial charge in [0.05, 0.1) is 7.11 Å². The Hall–Kier alpha value is -1.63. The van der Waals surface area contributed by atoms with E-state index in [1.807, 2.05) is 0 Å². The second kappa shape index (κ2) is 5.13. The molecule has 2 heterocycles. The average Bonchev–Trinajstić information content (AvgIpc) is 2.97. The summed E-state index contributed by atoms with van der Waals surface area (Å²) in [5, 5.41) is 5.02. The summed E-state index contributed by atoms with van der Waals surface area (Å²) in [6.45, 7) is 0.558. The molecule has 1 fully saturated rings. The normalized spacial score (nSPS) is 19.1. The Kier molecular flexibility index (Phi) is 3.58. The van der Waals surface area contributed by atoms with Gasteiger partial charge in [-0.25, -0.2) is 9.78 Å². The van der Waals surface area contributed by atoms with Crippen molar-refractivity contribution in [1.82, 2.24) is 9.88 Å². The van der Waals surface area contributed by atoms with Crippen molar-refractivity contribution in [2.24, 2.45) is 0 Å². The van der Waals surface area contributed by atoms with Crippen LogP contribution < -0.4 is 5.32 Å². The number of likely N-dealkylation sites (tertiary alicyclic amines) is 1. The molecular formula is C10H13N3O3S. The number of nitrogens with zero attached hydrogens (tertiary/aromatic N) is 2. The fourth-order valence-electron chi connectivity index (χ4n) is 1.85. The Morgan fingerprint density at radius 2 is 2.47 bits per heavy atom. The number of hydrogen-bond acceptors (Lipinski definition) is 5. The smallest absolute Gasteiger partial charge is 0.410 e. The third-order valence-corrected chi connectivity index (χ3v) is 3.32. The van der Waals surface area contributed by atoms with Gasteiger partial charge in [-0.1, -0.05) is 0 Å². The second-order valence-electron chi connectivity index (χ2n) is 3.65. The molecule has 2 amide bonds. The zero-order chi connectivity index (χ0) is 12.3. The van der Waals surface area contributed by atoms with E-state index >= 15 is 0 Å². The molecule has 92 valence electrons. The molecule has 1 atom stereocenters. The molecule has 1 aliphatic rings. The molecule has 0 aliphatic carbocycles. The number of methoxy groups -OCH3 is 1. The van der Waals surface area contributed by atoms with Gasteiger partial charge in [0.15, 0.2) is 5.13 Å². The van der Waals surface area contributed by atoms with Crippen molar-refractivity contribution in [3.05, 3.63) is 11.6 Å². The average molecular weight is 255 g/mol. The first-order valence-corrected chi connectivity index (χ1v) is 6.15. The van der Waals surface area contributed by atoms with Crippen LogP contribution in [0.25, 0.3) is 0 Å². The maximum atomic E-state index is 11.9. The summed E-state index contributed by atoms with van der Waals surface area (Å²) in [5.74, 6) is -0.206. The van der Waals surface area contributed by atoms with Crippen LogP contribution >= 0.6 is 11.3 Å². The van der Waals surface area contributed by atoms with Crippen LogP contribution in [-0.4, -0.2) is 41.6 Å². The first-order valence-electron chi connectivity index (χ1n) is 5.27. The predicted octanol–water partition coefficient (Wildman–Crippen LogP) is 1.31. The van der Waals surface area contributed by atoms with Crippen molar-refractivity contribution in [3.63, 3.8) is 0 Å². The topological polar surface area (TPSA) is 71.5 Å². The fraction of sp³-hybridized carbons (Fsp3) is 0.500. The molecule has 0 radical (unpaired) electrons. The van der Waals surface area contributed by atoms with Gasteiger partial charge in [-0.2, -0.15) is 0 Å². The largest absolute Gasteiger partial charge is 0.453 e. The van der Waals surface area contributed by atoms with E-state index in [2.05, 4.69) is 15.0 Å². The Morgan fingerprint density at radius 1 is 1.65 bits per heavy atom. The van der Waals surface area contributed by atoms with Crippen LogP contribution in [0, 0.1) is 0 Å². The van der Waals surface area contributed by atoms with Crippen LogP contribution in [-0.2, 0) is 9.53 Å². The molecule has 0 bridgehead atoms. The Bertz CT molecular complexity index is 407. The highest BCUT2D eigenvalue weighted by Crippen LogP contribution is 2.20. The summed E-state index contributed by atoms with van der Waals surface area (Å²) in [6.07, 6.45) is 2.63. The standard InChI is InChI=1S/C10H13N3O3S/c1-16-10(15)13-5-2-3-7(13)8(14)12-9-11-4-6-17-9/h4,6-7H,2-3,5H2,1H3,(H,11,12,14)/t7-/m1/s1. The minimum absolute atomic E-state index is 0.206. The highest BCUT2D eigenvalue weighted by Gasteiger charge is 2.34. The molecule has 6 nitrogen and oxygen atoms in total. The Balaban J connectivity index is 2.01. The molecule has 0 unspecified atom stereocenters. The van der Waals surface area contributed by atoms with Gasteiger partial charge in [0.25, 0.3) is 0 Å². The number of nitrogens with one attached hydrogen (secondary N) is 1. The van der Waals surface area contributed by atoms with E-state index in [1.165, 1.54) is 23.3 Å². The Morgan fingerprint density at radius 3 is 3.12 bits per heavy atom. The maximum absolute atomic E-state index is 11.9. The molecule has 1 N–H and O–H groups in total. The van der Waals surface area contributed by atoms with E-state index in [9.17, 15) is 9.59 Å². The maximum Gasteiger partial charge on any atom is 0.410 e. The van der Waals surface area contributed by atoms with E-state index in [0.717, 1.165) is 6.42 Å². The van der Waals surface area contributed by atoms with Crippen molar-refractivity contribution in [3.8, 4) is 0 Å². The first-order chi connectivity index (χ1) is 8.22. The van der Waals surface area contributed by atoms with Crippen LogP contribution in [0.15, 0.2) is 11.6 Å². The highest BCUT2D eigenvalue weighted by atomic mass is 32.1. The molecule has 1 saturated heterocycles. The number of thiazole rings is 1. The third kappa shape index (κ3) is 2.55. The van der Waals surface area contributed by atoms with Gasteiger partial charge in [0.1, 0.15) is 6.04 Å². The number of anilines is 1. The summed E-state index contributed by atoms with van der Waals surface area (Å²) in [6, 6.07) is -0.452. The number of ether oxygens (including phenoxy) is 1. The molecule has 0 aromatic carbocycles. The number of amides is 2. The quantitative estimate of drug-likeness (QED) is 0.865. The summed E-state index contributed by atoms with van der Waals surface area (Å²) >= 11 is 1.35. The van der Waals surface area contributed by atoms with Crippen molar-refractivity contribution in [1.29, 1.82) is 0 Å². The number of hydrogen-bond donors (Lipinski definition) is 1. The van der Waals surface area contributed by atoms with Gasteiger partial charge in [-0.05, 0) is 12.8 Å². The van der Waals surface area contributed by atoms with Gasteiger partial charge in [0.2, 0.25) is 5.91 Å². The van der Waals surface area contributed by atoms with Crippen molar-refractivity contribution >= 4 is 28.5 Å². The SMILES string of the molecule is COC(=O)N1CCC[C@@H]1C(=O)Nc1nccs1. The summed E-state index contributed by atoms with van der Waals surface area (Å²) in [7, 11) is 1.32. The molecule has 1 aromatic rings. The molecule has 17 heavy (non-hydrogen) atoms. The zero-order valence-electron chi connectivity index (χ0n) is 9.38. The molecule has 7 heteroatoms. The predicted molar refractivity (Wildman–Crippen MR) is 62.9 cm³/mol. The monoisotopic (exact) mass is 255 g/mol. The van der Waals surface area contributed by atoms with Crippen LogP contribution in [0.3, 0.4) is 0 Å². The number of aromatic nitrogens is 1. The fourth-order valence-corrected chi connectivity index (χ4v) is 2.38. The highest BCUT2D eigenvalue weighted by molar-refractivity contribution is 7.13. The van der Waals surface area contributed by atoms with Crippen LogP contribution in [0.4, 0.5) is 9.93 Å². The van der Waals surface area contributed by atoms with E-state index in [1.54, 1.807) is 11.6 Å². The van der Waals surface area contributed by atoms with E-state index in [4.69, 9.17) is 0 Å². The number of carbonyl (C=O) groups is 2. The molecule has 2 rings (SSSR count). The van der Waals surface area contributed by atoms with Gasteiger partial charge in [-0.15, -0.1) is 11.3 Å². The minimum atomic E-state index is -0.457. The van der Waals surface area contributed by atoms with E-state index in [0.29, 0.717) is 18.1 Å². The lowest BCUT2D eigenvalue weighted by atomic mass is 10.2. The molecule has 0 spiro atoms.